The minimum Gasteiger partial charge on any atom is -0.497 e. The van der Waals surface area contributed by atoms with Crippen LogP contribution >= 0.6 is 12.2 Å². The van der Waals surface area contributed by atoms with E-state index in [9.17, 15) is 4.79 Å². The van der Waals surface area contributed by atoms with E-state index >= 15 is 0 Å². The second-order valence-corrected chi connectivity index (χ2v) is 4.93. The Kier molecular flexibility index (Phi) is 7.53. The molecule has 0 saturated carbocycles. The fourth-order valence-electron chi connectivity index (χ4n) is 1.79. The summed E-state index contributed by atoms with van der Waals surface area (Å²) in [4.78, 5) is 11.7. The lowest BCUT2D eigenvalue weighted by molar-refractivity contribution is -0.119. The third-order valence-electron chi connectivity index (χ3n) is 2.92. The lowest BCUT2D eigenvalue weighted by Gasteiger charge is -2.13. The molecule has 0 bridgehead atoms. The van der Waals surface area contributed by atoms with E-state index < -0.39 is 0 Å². The van der Waals surface area contributed by atoms with Crippen molar-refractivity contribution >= 4 is 28.9 Å². The van der Waals surface area contributed by atoms with Crippen LogP contribution in [-0.4, -0.2) is 25.2 Å². The van der Waals surface area contributed by atoms with E-state index in [2.05, 4.69) is 17.6 Å². The molecule has 0 aromatic heterocycles. The number of thiocarbonyl (C=S) groups is 1. The summed E-state index contributed by atoms with van der Waals surface area (Å²) in [5.41, 5.74) is 0.649. The molecule has 0 radical (unpaired) electrons. The summed E-state index contributed by atoms with van der Waals surface area (Å²) in [6.07, 6.45) is 3.46. The molecule has 1 aromatic rings. The minimum atomic E-state index is -0.0807. The average Bonchev–Trinajstić information content (AvgIpc) is 2.47. The lowest BCUT2D eigenvalue weighted by atomic mass is 10.2. The monoisotopic (exact) mass is 310 g/mol. The van der Waals surface area contributed by atoms with Crippen molar-refractivity contribution in [2.75, 3.05) is 19.5 Å². The summed E-state index contributed by atoms with van der Waals surface area (Å²) in [6.45, 7) is 2.10. The van der Waals surface area contributed by atoms with Gasteiger partial charge in [-0.3, -0.25) is 4.79 Å². The van der Waals surface area contributed by atoms with Gasteiger partial charge < -0.3 is 20.1 Å². The predicted molar refractivity (Wildman–Crippen MR) is 88.1 cm³/mol. The second kappa shape index (κ2) is 9.18. The van der Waals surface area contributed by atoms with Crippen LogP contribution in [0, 0.1) is 0 Å². The van der Waals surface area contributed by atoms with Crippen LogP contribution in [0.25, 0.3) is 0 Å². The van der Waals surface area contributed by atoms with Crippen molar-refractivity contribution in [3.05, 3.63) is 18.2 Å². The van der Waals surface area contributed by atoms with E-state index in [0.717, 1.165) is 19.3 Å². The van der Waals surface area contributed by atoms with E-state index in [1.54, 1.807) is 32.4 Å². The molecular weight excluding hydrogens is 288 g/mol. The van der Waals surface area contributed by atoms with Gasteiger partial charge in [0.05, 0.1) is 19.9 Å². The standard InChI is InChI=1S/C15H22N2O3S/c1-4-5-6-7-14(18)17-15(21)16-12-10-11(19-2)8-9-13(12)20-3/h8-10H,4-7H2,1-3H3,(H2,16,17,18,21). The molecule has 0 fully saturated rings. The Hall–Kier alpha value is -1.82. The largest absolute Gasteiger partial charge is 0.497 e. The van der Waals surface area contributed by atoms with Crippen LogP contribution in [0.1, 0.15) is 32.6 Å². The number of rotatable bonds is 7. The lowest BCUT2D eigenvalue weighted by Crippen LogP contribution is -2.34. The van der Waals surface area contributed by atoms with Crippen LogP contribution in [0.3, 0.4) is 0 Å². The van der Waals surface area contributed by atoms with E-state index in [4.69, 9.17) is 21.7 Å². The van der Waals surface area contributed by atoms with Gasteiger partial charge in [0.2, 0.25) is 5.91 Å². The molecule has 1 amide bonds. The molecule has 21 heavy (non-hydrogen) atoms. The van der Waals surface area contributed by atoms with Crippen LogP contribution in [0.15, 0.2) is 18.2 Å². The molecule has 0 atom stereocenters. The number of benzene rings is 1. The minimum absolute atomic E-state index is 0.0807. The number of methoxy groups -OCH3 is 2. The molecule has 0 aliphatic heterocycles. The number of hydrogen-bond acceptors (Lipinski definition) is 4. The maximum Gasteiger partial charge on any atom is 0.226 e. The van der Waals surface area contributed by atoms with Gasteiger partial charge in [0.25, 0.3) is 0 Å². The number of unbranched alkanes of at least 4 members (excludes halogenated alkanes) is 2. The normalized spacial score (nSPS) is 9.86. The summed E-state index contributed by atoms with van der Waals surface area (Å²) in [7, 11) is 3.15. The first-order valence-corrected chi connectivity index (χ1v) is 7.34. The van der Waals surface area contributed by atoms with Gasteiger partial charge in [-0.1, -0.05) is 19.8 Å². The second-order valence-electron chi connectivity index (χ2n) is 4.53. The summed E-state index contributed by atoms with van der Waals surface area (Å²) in [5.74, 6) is 1.22. The molecule has 0 aliphatic rings. The maximum atomic E-state index is 11.7. The Morgan fingerprint density at radius 1 is 1.24 bits per heavy atom. The number of hydrogen-bond donors (Lipinski definition) is 2. The van der Waals surface area contributed by atoms with Crippen molar-refractivity contribution in [2.24, 2.45) is 0 Å². The van der Waals surface area contributed by atoms with Gasteiger partial charge in [0, 0.05) is 12.5 Å². The highest BCUT2D eigenvalue weighted by Gasteiger charge is 2.09. The predicted octanol–water partition coefficient (Wildman–Crippen LogP) is 3.10. The van der Waals surface area contributed by atoms with Crippen LogP contribution < -0.4 is 20.1 Å². The first kappa shape index (κ1) is 17.2. The molecule has 6 heteroatoms. The van der Waals surface area contributed by atoms with E-state index in [0.29, 0.717) is 23.6 Å². The van der Waals surface area contributed by atoms with Crippen molar-refractivity contribution in [3.8, 4) is 11.5 Å². The van der Waals surface area contributed by atoms with Crippen LogP contribution in [0.2, 0.25) is 0 Å². The molecule has 116 valence electrons. The topological polar surface area (TPSA) is 59.6 Å². The number of carbonyl (C=O) groups excluding carboxylic acids is 1. The Balaban J connectivity index is 2.59. The number of ether oxygens (including phenoxy) is 2. The molecule has 0 spiro atoms. The molecular formula is C15H22N2O3S. The Morgan fingerprint density at radius 2 is 2.00 bits per heavy atom. The smallest absolute Gasteiger partial charge is 0.226 e. The zero-order valence-electron chi connectivity index (χ0n) is 12.7. The van der Waals surface area contributed by atoms with Crippen molar-refractivity contribution in [1.29, 1.82) is 0 Å². The van der Waals surface area contributed by atoms with E-state index in [1.165, 1.54) is 0 Å². The molecule has 1 aromatic carbocycles. The van der Waals surface area contributed by atoms with Gasteiger partial charge in [-0.2, -0.15) is 0 Å². The van der Waals surface area contributed by atoms with Gasteiger partial charge in [-0.15, -0.1) is 0 Å². The molecule has 5 nitrogen and oxygen atoms in total. The highest BCUT2D eigenvalue weighted by atomic mass is 32.1. The quantitative estimate of drug-likeness (QED) is 0.598. The molecule has 0 unspecified atom stereocenters. The van der Waals surface area contributed by atoms with Crippen molar-refractivity contribution in [3.63, 3.8) is 0 Å². The molecule has 2 N–H and O–H groups in total. The summed E-state index contributed by atoms with van der Waals surface area (Å²) >= 11 is 5.14. The summed E-state index contributed by atoms with van der Waals surface area (Å²) in [6, 6.07) is 5.32. The summed E-state index contributed by atoms with van der Waals surface area (Å²) < 4.78 is 10.4. The molecule has 1 rings (SSSR count). The van der Waals surface area contributed by atoms with Crippen LogP contribution in [-0.2, 0) is 4.79 Å². The molecule has 0 heterocycles. The Bertz CT molecular complexity index is 492. The zero-order valence-corrected chi connectivity index (χ0v) is 13.5. The van der Waals surface area contributed by atoms with Gasteiger partial charge >= 0.3 is 0 Å². The number of nitrogens with one attached hydrogen (secondary N) is 2. The average molecular weight is 310 g/mol. The summed E-state index contributed by atoms with van der Waals surface area (Å²) in [5, 5.41) is 5.87. The first-order chi connectivity index (χ1) is 10.1. The van der Waals surface area contributed by atoms with Crippen LogP contribution in [0.5, 0.6) is 11.5 Å². The number of anilines is 1. The van der Waals surface area contributed by atoms with Gasteiger partial charge in [0.15, 0.2) is 5.11 Å². The highest BCUT2D eigenvalue weighted by Crippen LogP contribution is 2.28. The molecule has 0 saturated heterocycles. The Labute approximate surface area is 131 Å². The maximum absolute atomic E-state index is 11.7. The highest BCUT2D eigenvalue weighted by molar-refractivity contribution is 7.80. The molecule has 0 aliphatic carbocycles. The number of amides is 1. The zero-order chi connectivity index (χ0) is 15.7. The van der Waals surface area contributed by atoms with Crippen molar-refractivity contribution in [1.82, 2.24) is 5.32 Å². The van der Waals surface area contributed by atoms with Crippen molar-refractivity contribution < 1.29 is 14.3 Å². The SMILES string of the molecule is CCCCCC(=O)NC(=S)Nc1cc(OC)ccc1OC. The fourth-order valence-corrected chi connectivity index (χ4v) is 2.01. The van der Waals surface area contributed by atoms with E-state index in [-0.39, 0.29) is 11.0 Å². The van der Waals surface area contributed by atoms with Crippen molar-refractivity contribution in [2.45, 2.75) is 32.6 Å². The van der Waals surface area contributed by atoms with Gasteiger partial charge in [-0.25, -0.2) is 0 Å². The number of carbonyl (C=O) groups is 1. The van der Waals surface area contributed by atoms with E-state index in [1.807, 2.05) is 0 Å². The third-order valence-corrected chi connectivity index (χ3v) is 3.12. The van der Waals surface area contributed by atoms with Gasteiger partial charge in [-0.05, 0) is 30.8 Å². The van der Waals surface area contributed by atoms with Gasteiger partial charge in [0.1, 0.15) is 11.5 Å². The van der Waals surface area contributed by atoms with Crippen LogP contribution in [0.4, 0.5) is 5.69 Å². The fraction of sp³-hybridized carbons (Fsp3) is 0.467. The third kappa shape index (κ3) is 5.99. The Morgan fingerprint density at radius 3 is 2.62 bits per heavy atom. The first-order valence-electron chi connectivity index (χ1n) is 6.93.